The van der Waals surface area contributed by atoms with Gasteiger partial charge in [-0.15, -0.1) is 0 Å². The molecule has 5 heteroatoms. The van der Waals surface area contributed by atoms with Crippen LogP contribution in [0.2, 0.25) is 0 Å². The van der Waals surface area contributed by atoms with E-state index in [2.05, 4.69) is 15.9 Å². The third-order valence-electron chi connectivity index (χ3n) is 2.33. The molecular formula is C14H21BrO4. The van der Waals surface area contributed by atoms with Crippen molar-refractivity contribution in [2.45, 2.75) is 33.5 Å². The Bertz CT molecular complexity index is 393. The van der Waals surface area contributed by atoms with Crippen molar-refractivity contribution in [3.05, 3.63) is 22.2 Å². The predicted octanol–water partition coefficient (Wildman–Crippen LogP) is 3.14. The van der Waals surface area contributed by atoms with Crippen LogP contribution >= 0.6 is 15.9 Å². The topological polar surface area (TPSA) is 47.9 Å². The zero-order valence-electron chi connectivity index (χ0n) is 11.6. The Morgan fingerprint density at radius 2 is 1.95 bits per heavy atom. The molecule has 19 heavy (non-hydrogen) atoms. The van der Waals surface area contributed by atoms with Crippen LogP contribution < -0.4 is 9.47 Å². The van der Waals surface area contributed by atoms with Crippen molar-refractivity contribution in [1.82, 2.24) is 0 Å². The van der Waals surface area contributed by atoms with Crippen LogP contribution in [0.4, 0.5) is 0 Å². The zero-order chi connectivity index (χ0) is 14.3. The second kappa shape index (κ2) is 8.40. The second-order valence-corrected chi connectivity index (χ2v) is 5.12. The van der Waals surface area contributed by atoms with E-state index in [1.165, 1.54) is 0 Å². The Balaban J connectivity index is 2.74. The van der Waals surface area contributed by atoms with E-state index in [1.54, 1.807) is 6.07 Å². The van der Waals surface area contributed by atoms with Crippen LogP contribution in [-0.2, 0) is 11.3 Å². The van der Waals surface area contributed by atoms with E-state index in [0.717, 1.165) is 10.0 Å². The summed E-state index contributed by atoms with van der Waals surface area (Å²) in [6.45, 7) is 7.36. The number of halogens is 1. The second-order valence-electron chi connectivity index (χ2n) is 4.26. The molecule has 0 saturated carbocycles. The summed E-state index contributed by atoms with van der Waals surface area (Å²) in [5, 5.41) is 9.18. The lowest BCUT2D eigenvalue weighted by molar-refractivity contribution is 0.0543. The first-order valence-corrected chi connectivity index (χ1v) is 7.18. The van der Waals surface area contributed by atoms with Gasteiger partial charge in [-0.05, 0) is 54.4 Å². The van der Waals surface area contributed by atoms with Gasteiger partial charge in [0.25, 0.3) is 0 Å². The summed E-state index contributed by atoms with van der Waals surface area (Å²) in [7, 11) is 0. The predicted molar refractivity (Wildman–Crippen MR) is 77.8 cm³/mol. The van der Waals surface area contributed by atoms with E-state index < -0.39 is 0 Å². The average molecular weight is 333 g/mol. The number of rotatable bonds is 8. The molecule has 0 bridgehead atoms. The van der Waals surface area contributed by atoms with E-state index in [9.17, 15) is 5.11 Å². The van der Waals surface area contributed by atoms with Crippen molar-refractivity contribution >= 4 is 15.9 Å². The molecule has 0 aliphatic rings. The standard InChI is InChI=1S/C14H21BrO4/c1-4-17-13-8-11(9-16)7-12(15)14(13)19-6-5-18-10(2)3/h7-8,10,16H,4-6,9H2,1-3H3. The molecule has 108 valence electrons. The number of aliphatic hydroxyl groups excluding tert-OH is 1. The van der Waals surface area contributed by atoms with Gasteiger partial charge >= 0.3 is 0 Å². The monoisotopic (exact) mass is 332 g/mol. The van der Waals surface area contributed by atoms with Gasteiger partial charge in [-0.3, -0.25) is 0 Å². The first-order valence-electron chi connectivity index (χ1n) is 6.39. The number of hydrogen-bond donors (Lipinski definition) is 1. The lowest BCUT2D eigenvalue weighted by atomic mass is 10.2. The van der Waals surface area contributed by atoms with Gasteiger partial charge in [0.15, 0.2) is 11.5 Å². The van der Waals surface area contributed by atoms with Gasteiger partial charge in [-0.1, -0.05) is 0 Å². The van der Waals surface area contributed by atoms with Gasteiger partial charge in [0, 0.05) is 0 Å². The highest BCUT2D eigenvalue weighted by atomic mass is 79.9. The third-order valence-corrected chi connectivity index (χ3v) is 2.92. The van der Waals surface area contributed by atoms with Crippen LogP contribution in [0.3, 0.4) is 0 Å². The molecule has 1 aromatic rings. The van der Waals surface area contributed by atoms with Crippen LogP contribution in [0.15, 0.2) is 16.6 Å². The number of ether oxygens (including phenoxy) is 3. The Labute approximate surface area is 122 Å². The summed E-state index contributed by atoms with van der Waals surface area (Å²) in [5.74, 6) is 1.27. The smallest absolute Gasteiger partial charge is 0.175 e. The third kappa shape index (κ3) is 5.38. The molecule has 0 radical (unpaired) electrons. The molecule has 0 atom stereocenters. The van der Waals surface area contributed by atoms with Gasteiger partial charge < -0.3 is 19.3 Å². The van der Waals surface area contributed by atoms with Crippen molar-refractivity contribution in [2.75, 3.05) is 19.8 Å². The van der Waals surface area contributed by atoms with Crippen LogP contribution in [0.25, 0.3) is 0 Å². The summed E-state index contributed by atoms with van der Waals surface area (Å²) >= 11 is 3.43. The molecule has 0 amide bonds. The fourth-order valence-electron chi connectivity index (χ4n) is 1.54. The molecule has 1 N–H and O–H groups in total. The Morgan fingerprint density at radius 3 is 2.53 bits per heavy atom. The summed E-state index contributed by atoms with van der Waals surface area (Å²) in [5.41, 5.74) is 0.779. The highest BCUT2D eigenvalue weighted by Crippen LogP contribution is 2.36. The Hall–Kier alpha value is -0.780. The Kier molecular flexibility index (Phi) is 7.20. The molecule has 0 aliphatic heterocycles. The number of hydrogen-bond acceptors (Lipinski definition) is 4. The summed E-state index contributed by atoms with van der Waals surface area (Å²) in [6.07, 6.45) is 0.190. The molecule has 1 rings (SSSR count). The Morgan fingerprint density at radius 1 is 1.21 bits per heavy atom. The van der Waals surface area contributed by atoms with Crippen LogP contribution in [0.1, 0.15) is 26.3 Å². The quantitative estimate of drug-likeness (QED) is 0.743. The maximum atomic E-state index is 9.18. The average Bonchev–Trinajstić information content (AvgIpc) is 2.36. The normalized spacial score (nSPS) is 10.8. The lowest BCUT2D eigenvalue weighted by Gasteiger charge is -2.15. The van der Waals surface area contributed by atoms with Crippen LogP contribution in [0.5, 0.6) is 11.5 Å². The SMILES string of the molecule is CCOc1cc(CO)cc(Br)c1OCCOC(C)C. The van der Waals surface area contributed by atoms with Gasteiger partial charge in [-0.25, -0.2) is 0 Å². The lowest BCUT2D eigenvalue weighted by Crippen LogP contribution is -2.12. The summed E-state index contributed by atoms with van der Waals surface area (Å²) in [6, 6.07) is 3.61. The van der Waals surface area contributed by atoms with E-state index >= 15 is 0 Å². The van der Waals surface area contributed by atoms with Crippen molar-refractivity contribution in [3.63, 3.8) is 0 Å². The van der Waals surface area contributed by atoms with E-state index in [4.69, 9.17) is 14.2 Å². The van der Waals surface area contributed by atoms with E-state index in [1.807, 2.05) is 26.8 Å². The van der Waals surface area contributed by atoms with Crippen molar-refractivity contribution < 1.29 is 19.3 Å². The van der Waals surface area contributed by atoms with Crippen molar-refractivity contribution in [2.24, 2.45) is 0 Å². The molecule has 4 nitrogen and oxygen atoms in total. The minimum Gasteiger partial charge on any atom is -0.490 e. The highest BCUT2D eigenvalue weighted by molar-refractivity contribution is 9.10. The van der Waals surface area contributed by atoms with Crippen LogP contribution in [-0.4, -0.2) is 31.0 Å². The zero-order valence-corrected chi connectivity index (χ0v) is 13.2. The summed E-state index contributed by atoms with van der Waals surface area (Å²) < 4.78 is 17.4. The molecule has 0 aromatic heterocycles. The summed E-state index contributed by atoms with van der Waals surface area (Å²) in [4.78, 5) is 0. The largest absolute Gasteiger partial charge is 0.490 e. The van der Waals surface area contributed by atoms with E-state index in [0.29, 0.717) is 31.3 Å². The highest BCUT2D eigenvalue weighted by Gasteiger charge is 2.12. The maximum Gasteiger partial charge on any atom is 0.175 e. The van der Waals surface area contributed by atoms with Gasteiger partial charge in [-0.2, -0.15) is 0 Å². The molecule has 0 aliphatic carbocycles. The minimum atomic E-state index is -0.0323. The number of aliphatic hydroxyl groups is 1. The van der Waals surface area contributed by atoms with E-state index in [-0.39, 0.29) is 12.7 Å². The fourth-order valence-corrected chi connectivity index (χ4v) is 2.15. The fraction of sp³-hybridized carbons (Fsp3) is 0.571. The van der Waals surface area contributed by atoms with Crippen molar-refractivity contribution in [1.29, 1.82) is 0 Å². The van der Waals surface area contributed by atoms with Gasteiger partial charge in [0.05, 0.1) is 30.4 Å². The van der Waals surface area contributed by atoms with Gasteiger partial charge in [0.2, 0.25) is 0 Å². The molecule has 0 fully saturated rings. The molecular weight excluding hydrogens is 312 g/mol. The van der Waals surface area contributed by atoms with Crippen LogP contribution in [0, 0.1) is 0 Å². The molecule has 1 aromatic carbocycles. The first kappa shape index (κ1) is 16.3. The molecule has 0 spiro atoms. The maximum absolute atomic E-state index is 9.18. The minimum absolute atomic E-state index is 0.0323. The molecule has 0 saturated heterocycles. The van der Waals surface area contributed by atoms with Crippen molar-refractivity contribution in [3.8, 4) is 11.5 Å². The van der Waals surface area contributed by atoms with Gasteiger partial charge in [0.1, 0.15) is 6.61 Å². The molecule has 0 unspecified atom stereocenters. The molecule has 0 heterocycles. The number of benzene rings is 1. The first-order chi connectivity index (χ1) is 9.08.